The third-order valence-electron chi connectivity index (χ3n) is 4.53. The predicted octanol–water partition coefficient (Wildman–Crippen LogP) is 4.66. The maximum atomic E-state index is 13.6. The van der Waals surface area contributed by atoms with E-state index in [0.29, 0.717) is 36.6 Å². The van der Waals surface area contributed by atoms with Crippen LogP contribution >= 0.6 is 0 Å². The number of benzene rings is 3. The minimum absolute atomic E-state index is 0.128. The summed E-state index contributed by atoms with van der Waals surface area (Å²) in [6, 6.07) is 22.0. The second-order valence-electron chi connectivity index (χ2n) is 6.63. The quantitative estimate of drug-likeness (QED) is 0.575. The number of nitrogens with one attached hydrogen (secondary N) is 1. The number of halogens is 1. The Hall–Kier alpha value is -3.34. The van der Waals surface area contributed by atoms with E-state index in [-0.39, 0.29) is 18.1 Å². The van der Waals surface area contributed by atoms with Gasteiger partial charge in [-0.1, -0.05) is 54.6 Å². The van der Waals surface area contributed by atoms with Gasteiger partial charge in [-0.15, -0.1) is 0 Å². The lowest BCUT2D eigenvalue weighted by atomic mass is 10.1. The minimum atomic E-state index is -0.281. The molecule has 0 aliphatic rings. The smallest absolute Gasteiger partial charge is 0.220 e. The molecule has 0 heterocycles. The van der Waals surface area contributed by atoms with E-state index in [0.717, 1.165) is 11.1 Å². The molecule has 0 bridgehead atoms. The normalized spacial score (nSPS) is 10.4. The van der Waals surface area contributed by atoms with E-state index in [9.17, 15) is 9.18 Å². The average molecular weight is 393 g/mol. The second kappa shape index (κ2) is 10.3. The molecule has 1 N–H and O–H groups in total. The first-order chi connectivity index (χ1) is 14.2. The topological polar surface area (TPSA) is 47.6 Å². The predicted molar refractivity (Wildman–Crippen MR) is 110 cm³/mol. The highest BCUT2D eigenvalue weighted by Crippen LogP contribution is 2.28. The Bertz CT molecular complexity index is 944. The van der Waals surface area contributed by atoms with Crippen LogP contribution < -0.4 is 14.8 Å². The highest BCUT2D eigenvalue weighted by molar-refractivity contribution is 5.76. The second-order valence-corrected chi connectivity index (χ2v) is 6.63. The van der Waals surface area contributed by atoms with Crippen molar-refractivity contribution in [2.45, 2.75) is 26.0 Å². The standard InChI is InChI=1S/C24H24FNO3/c1-28-23-15-19(11-13-22(23)29-17-18-7-3-2-4-8-18)16-26-24(27)14-12-20-9-5-6-10-21(20)25/h2-11,13,15H,12,14,16-17H2,1H3,(H,26,27). The monoisotopic (exact) mass is 393 g/mol. The number of carbonyl (C=O) groups excluding carboxylic acids is 1. The van der Waals surface area contributed by atoms with Crippen molar-refractivity contribution < 1.29 is 18.7 Å². The molecular formula is C24H24FNO3. The molecule has 0 unspecified atom stereocenters. The summed E-state index contributed by atoms with van der Waals surface area (Å²) in [4.78, 5) is 12.1. The summed E-state index contributed by atoms with van der Waals surface area (Å²) in [6.07, 6.45) is 0.602. The van der Waals surface area contributed by atoms with E-state index < -0.39 is 0 Å². The molecule has 0 atom stereocenters. The Balaban J connectivity index is 1.51. The molecule has 0 fully saturated rings. The van der Waals surface area contributed by atoms with Crippen LogP contribution in [0.25, 0.3) is 0 Å². The van der Waals surface area contributed by atoms with Crippen LogP contribution in [0.3, 0.4) is 0 Å². The lowest BCUT2D eigenvalue weighted by Gasteiger charge is -2.13. The summed E-state index contributed by atoms with van der Waals surface area (Å²) in [5.74, 6) is 0.845. The van der Waals surface area contributed by atoms with Gasteiger partial charge in [0.05, 0.1) is 7.11 Å². The zero-order valence-corrected chi connectivity index (χ0v) is 16.4. The Morgan fingerprint density at radius 1 is 0.931 bits per heavy atom. The lowest BCUT2D eigenvalue weighted by molar-refractivity contribution is -0.121. The van der Waals surface area contributed by atoms with Gasteiger partial charge >= 0.3 is 0 Å². The Kier molecular flexibility index (Phi) is 7.22. The van der Waals surface area contributed by atoms with Gasteiger partial charge in [-0.05, 0) is 41.3 Å². The van der Waals surface area contributed by atoms with Crippen molar-refractivity contribution in [3.63, 3.8) is 0 Å². The summed E-state index contributed by atoms with van der Waals surface area (Å²) >= 11 is 0. The van der Waals surface area contributed by atoms with Crippen LogP contribution in [-0.2, 0) is 24.4 Å². The number of carbonyl (C=O) groups is 1. The first-order valence-corrected chi connectivity index (χ1v) is 9.49. The number of aryl methyl sites for hydroxylation is 1. The number of methoxy groups -OCH3 is 1. The molecule has 0 aliphatic carbocycles. The Morgan fingerprint density at radius 3 is 2.45 bits per heavy atom. The highest BCUT2D eigenvalue weighted by atomic mass is 19.1. The average Bonchev–Trinajstić information content (AvgIpc) is 2.76. The van der Waals surface area contributed by atoms with Gasteiger partial charge in [0.2, 0.25) is 5.91 Å². The fourth-order valence-corrected chi connectivity index (χ4v) is 2.91. The molecule has 3 aromatic carbocycles. The van der Waals surface area contributed by atoms with Crippen molar-refractivity contribution in [1.82, 2.24) is 5.32 Å². The van der Waals surface area contributed by atoms with Crippen LogP contribution in [0.1, 0.15) is 23.1 Å². The Labute approximate surface area is 170 Å². The fraction of sp³-hybridized carbons (Fsp3) is 0.208. The van der Waals surface area contributed by atoms with Gasteiger partial charge in [-0.3, -0.25) is 4.79 Å². The highest BCUT2D eigenvalue weighted by Gasteiger charge is 2.09. The summed E-state index contributed by atoms with van der Waals surface area (Å²) in [5.41, 5.74) is 2.51. The lowest BCUT2D eigenvalue weighted by Crippen LogP contribution is -2.23. The van der Waals surface area contributed by atoms with Crippen molar-refractivity contribution in [1.29, 1.82) is 0 Å². The van der Waals surface area contributed by atoms with Gasteiger partial charge in [0.1, 0.15) is 12.4 Å². The van der Waals surface area contributed by atoms with E-state index in [1.165, 1.54) is 6.07 Å². The number of hydrogen-bond donors (Lipinski definition) is 1. The number of hydrogen-bond acceptors (Lipinski definition) is 3. The van der Waals surface area contributed by atoms with Gasteiger partial charge in [0.25, 0.3) is 0 Å². The van der Waals surface area contributed by atoms with Crippen molar-refractivity contribution in [2.24, 2.45) is 0 Å². The molecule has 5 heteroatoms. The molecule has 0 saturated carbocycles. The molecule has 29 heavy (non-hydrogen) atoms. The van der Waals surface area contributed by atoms with Crippen molar-refractivity contribution >= 4 is 5.91 Å². The number of ether oxygens (including phenoxy) is 2. The first-order valence-electron chi connectivity index (χ1n) is 9.49. The zero-order valence-electron chi connectivity index (χ0n) is 16.4. The molecule has 0 saturated heterocycles. The fourth-order valence-electron chi connectivity index (χ4n) is 2.91. The van der Waals surface area contributed by atoms with Crippen molar-refractivity contribution in [2.75, 3.05) is 7.11 Å². The van der Waals surface area contributed by atoms with E-state index in [2.05, 4.69) is 5.32 Å². The number of amides is 1. The van der Waals surface area contributed by atoms with Crippen molar-refractivity contribution in [3.05, 3.63) is 95.3 Å². The summed E-state index contributed by atoms with van der Waals surface area (Å²) in [7, 11) is 1.58. The summed E-state index contributed by atoms with van der Waals surface area (Å²) < 4.78 is 24.9. The molecule has 0 aliphatic heterocycles. The molecule has 3 rings (SSSR count). The Morgan fingerprint density at radius 2 is 1.69 bits per heavy atom. The summed E-state index contributed by atoms with van der Waals surface area (Å²) in [6.45, 7) is 0.814. The largest absolute Gasteiger partial charge is 0.493 e. The summed E-state index contributed by atoms with van der Waals surface area (Å²) in [5, 5.41) is 2.86. The van der Waals surface area contributed by atoms with E-state index >= 15 is 0 Å². The minimum Gasteiger partial charge on any atom is -0.493 e. The molecule has 0 radical (unpaired) electrons. The SMILES string of the molecule is COc1cc(CNC(=O)CCc2ccccc2F)ccc1OCc1ccccc1. The number of rotatable bonds is 9. The van der Waals surface area contributed by atoms with Crippen LogP contribution in [0, 0.1) is 5.82 Å². The van der Waals surface area contributed by atoms with Gasteiger partial charge in [0.15, 0.2) is 11.5 Å². The van der Waals surface area contributed by atoms with Crippen LogP contribution in [-0.4, -0.2) is 13.0 Å². The van der Waals surface area contributed by atoms with Gasteiger partial charge in [-0.25, -0.2) is 4.39 Å². The maximum absolute atomic E-state index is 13.6. The third kappa shape index (κ3) is 6.07. The van der Waals surface area contributed by atoms with E-state index in [4.69, 9.17) is 9.47 Å². The molecule has 4 nitrogen and oxygen atoms in total. The van der Waals surface area contributed by atoms with Crippen LogP contribution in [0.4, 0.5) is 4.39 Å². The van der Waals surface area contributed by atoms with E-state index in [1.54, 1.807) is 25.3 Å². The van der Waals surface area contributed by atoms with Gasteiger partial charge in [-0.2, -0.15) is 0 Å². The van der Waals surface area contributed by atoms with E-state index in [1.807, 2.05) is 48.5 Å². The molecule has 0 aromatic heterocycles. The zero-order chi connectivity index (χ0) is 20.5. The molecule has 0 spiro atoms. The van der Waals surface area contributed by atoms with Crippen molar-refractivity contribution in [3.8, 4) is 11.5 Å². The molecule has 1 amide bonds. The van der Waals surface area contributed by atoms with Crippen LogP contribution in [0.15, 0.2) is 72.8 Å². The molecular weight excluding hydrogens is 369 g/mol. The molecule has 3 aromatic rings. The van der Waals surface area contributed by atoms with Crippen LogP contribution in [0.2, 0.25) is 0 Å². The van der Waals surface area contributed by atoms with Crippen LogP contribution in [0.5, 0.6) is 11.5 Å². The maximum Gasteiger partial charge on any atom is 0.220 e. The van der Waals surface area contributed by atoms with Gasteiger partial charge in [0, 0.05) is 13.0 Å². The first kappa shape index (κ1) is 20.4. The molecule has 150 valence electrons. The van der Waals surface area contributed by atoms with Gasteiger partial charge < -0.3 is 14.8 Å². The third-order valence-corrected chi connectivity index (χ3v) is 4.53.